The average Bonchev–Trinajstić information content (AvgIpc) is 3.02. The van der Waals surface area contributed by atoms with E-state index >= 15 is 0 Å². The second kappa shape index (κ2) is 6.39. The Morgan fingerprint density at radius 1 is 1.19 bits per heavy atom. The van der Waals surface area contributed by atoms with E-state index < -0.39 is 11.8 Å². The Hall–Kier alpha value is -3.42. The number of para-hydroxylation sites is 1. The average molecular weight is 365 g/mol. The molecule has 3 aromatic rings. The number of rotatable bonds is 2. The van der Waals surface area contributed by atoms with Crippen LogP contribution in [0.15, 0.2) is 36.4 Å². The Labute approximate surface area is 155 Å². The molecule has 2 amide bonds. The minimum absolute atomic E-state index is 0.131. The van der Waals surface area contributed by atoms with Gasteiger partial charge in [0.25, 0.3) is 0 Å². The second-order valence-corrected chi connectivity index (χ2v) is 6.88. The number of phenolic OH excluding ortho intramolecular Hbond substituents is 1. The van der Waals surface area contributed by atoms with E-state index in [2.05, 4.69) is 15.2 Å². The molecule has 1 aliphatic heterocycles. The molecule has 0 atom stereocenters. The molecule has 8 nitrogen and oxygen atoms in total. The number of aromatic nitrogens is 3. The molecule has 3 heterocycles. The molecule has 0 radical (unpaired) electrons. The van der Waals surface area contributed by atoms with E-state index in [1.54, 1.807) is 32.3 Å². The number of aromatic hydroxyl groups is 1. The lowest BCUT2D eigenvalue weighted by atomic mass is 9.96. The van der Waals surface area contributed by atoms with Gasteiger partial charge < -0.3 is 19.9 Å². The number of likely N-dealkylation sites (tertiary alicyclic amines) is 1. The summed E-state index contributed by atoms with van der Waals surface area (Å²) in [6.45, 7) is 0.982. The minimum atomic E-state index is -0.511. The van der Waals surface area contributed by atoms with Gasteiger partial charge in [0.15, 0.2) is 5.65 Å². The van der Waals surface area contributed by atoms with Crippen molar-refractivity contribution in [3.8, 4) is 17.0 Å². The highest BCUT2D eigenvalue weighted by Crippen LogP contribution is 2.31. The van der Waals surface area contributed by atoms with E-state index in [0.29, 0.717) is 30.0 Å². The number of amides is 2. The maximum atomic E-state index is 12.0. The van der Waals surface area contributed by atoms with Crippen molar-refractivity contribution >= 4 is 22.8 Å². The van der Waals surface area contributed by atoms with Gasteiger partial charge in [-0.25, -0.2) is 0 Å². The number of aromatic amines is 1. The fourth-order valence-corrected chi connectivity index (χ4v) is 3.16. The van der Waals surface area contributed by atoms with Gasteiger partial charge in [-0.1, -0.05) is 12.1 Å². The maximum Gasteiger partial charge on any atom is 0.312 e. The van der Waals surface area contributed by atoms with E-state index in [1.807, 2.05) is 18.2 Å². The summed E-state index contributed by atoms with van der Waals surface area (Å²) >= 11 is 0. The van der Waals surface area contributed by atoms with Gasteiger partial charge in [0.05, 0.1) is 5.69 Å². The Morgan fingerprint density at radius 2 is 1.93 bits per heavy atom. The number of carbonyl (C=O) groups is 2. The van der Waals surface area contributed by atoms with Crippen LogP contribution in [0.3, 0.4) is 0 Å². The number of phenols is 1. The van der Waals surface area contributed by atoms with Crippen molar-refractivity contribution < 1.29 is 14.7 Å². The van der Waals surface area contributed by atoms with Crippen LogP contribution in [0.1, 0.15) is 11.6 Å². The summed E-state index contributed by atoms with van der Waals surface area (Å²) in [5, 5.41) is 19.3. The van der Waals surface area contributed by atoms with E-state index in [9.17, 15) is 14.7 Å². The predicted molar refractivity (Wildman–Crippen MR) is 99.0 cm³/mol. The lowest BCUT2D eigenvalue weighted by Crippen LogP contribution is -2.53. The molecule has 1 aliphatic rings. The summed E-state index contributed by atoms with van der Waals surface area (Å²) in [7, 11) is 3.13. The molecule has 1 fully saturated rings. The molecule has 0 spiro atoms. The van der Waals surface area contributed by atoms with Crippen LogP contribution in [0.25, 0.3) is 22.3 Å². The molecule has 8 heteroatoms. The van der Waals surface area contributed by atoms with Gasteiger partial charge in [-0.3, -0.25) is 9.59 Å². The largest absolute Gasteiger partial charge is 0.507 e. The molecule has 138 valence electrons. The van der Waals surface area contributed by atoms with Crippen molar-refractivity contribution in [2.75, 3.05) is 27.2 Å². The van der Waals surface area contributed by atoms with Crippen LogP contribution in [0.2, 0.25) is 0 Å². The standard InChI is InChI=1S/C19H19N5O3/c1-23(2)18(26)19(27)24-9-12(10-24)14-7-11-8-15(21-22-17(11)20-14)13-5-3-4-6-16(13)25/h3-8,12,25H,9-10H2,1-2H3,(H,20,22). The molecule has 4 rings (SSSR count). The molecule has 0 bridgehead atoms. The first-order chi connectivity index (χ1) is 12.9. The third-order valence-corrected chi connectivity index (χ3v) is 4.77. The summed E-state index contributed by atoms with van der Waals surface area (Å²) in [4.78, 5) is 29.8. The normalized spacial score (nSPS) is 14.2. The SMILES string of the molecule is CN(C)C(=O)C(=O)N1CC(c2cc3cc(-c4ccccc4O)nnc3[nH]2)C1. The van der Waals surface area contributed by atoms with Crippen LogP contribution >= 0.6 is 0 Å². The number of nitrogens with one attached hydrogen (secondary N) is 1. The van der Waals surface area contributed by atoms with Crippen LogP contribution < -0.4 is 0 Å². The third kappa shape index (κ3) is 2.99. The van der Waals surface area contributed by atoms with E-state index in [0.717, 1.165) is 11.1 Å². The molecule has 2 aromatic heterocycles. The van der Waals surface area contributed by atoms with Crippen molar-refractivity contribution in [1.82, 2.24) is 25.0 Å². The van der Waals surface area contributed by atoms with Crippen molar-refractivity contribution in [3.63, 3.8) is 0 Å². The van der Waals surface area contributed by atoms with E-state index in [1.165, 1.54) is 9.80 Å². The third-order valence-electron chi connectivity index (χ3n) is 4.77. The smallest absolute Gasteiger partial charge is 0.312 e. The molecule has 2 N–H and O–H groups in total. The lowest BCUT2D eigenvalue weighted by molar-refractivity contribution is -0.153. The number of carbonyl (C=O) groups excluding carboxylic acids is 2. The zero-order valence-corrected chi connectivity index (χ0v) is 15.0. The Balaban J connectivity index is 1.53. The first-order valence-electron chi connectivity index (χ1n) is 8.59. The fourth-order valence-electron chi connectivity index (χ4n) is 3.16. The van der Waals surface area contributed by atoms with Gasteiger partial charge in [0.2, 0.25) is 0 Å². The summed E-state index contributed by atoms with van der Waals surface area (Å²) in [6.07, 6.45) is 0. The second-order valence-electron chi connectivity index (χ2n) is 6.88. The maximum absolute atomic E-state index is 12.0. The highest BCUT2D eigenvalue weighted by Gasteiger charge is 2.36. The molecule has 1 saturated heterocycles. The number of benzene rings is 1. The monoisotopic (exact) mass is 365 g/mol. The molecular weight excluding hydrogens is 346 g/mol. The highest BCUT2D eigenvalue weighted by molar-refractivity contribution is 6.34. The topological polar surface area (TPSA) is 102 Å². The predicted octanol–water partition coefficient (Wildman–Crippen LogP) is 1.34. The number of likely N-dealkylation sites (N-methyl/N-ethyl adjacent to an activating group) is 1. The fraction of sp³-hybridized carbons (Fsp3) is 0.263. The number of hydrogen-bond donors (Lipinski definition) is 2. The van der Waals surface area contributed by atoms with Gasteiger partial charge in [-0.05, 0) is 24.3 Å². The minimum Gasteiger partial charge on any atom is -0.507 e. The van der Waals surface area contributed by atoms with Gasteiger partial charge in [-0.2, -0.15) is 0 Å². The lowest BCUT2D eigenvalue weighted by Gasteiger charge is -2.38. The summed E-state index contributed by atoms with van der Waals surface area (Å²) < 4.78 is 0. The molecule has 0 saturated carbocycles. The van der Waals surface area contributed by atoms with Gasteiger partial charge >= 0.3 is 11.8 Å². The number of H-pyrrole nitrogens is 1. The van der Waals surface area contributed by atoms with Crippen molar-refractivity contribution in [2.45, 2.75) is 5.92 Å². The summed E-state index contributed by atoms with van der Waals surface area (Å²) in [5.41, 5.74) is 2.82. The summed E-state index contributed by atoms with van der Waals surface area (Å²) in [5.74, 6) is -0.704. The van der Waals surface area contributed by atoms with Crippen LogP contribution in [-0.4, -0.2) is 69.1 Å². The van der Waals surface area contributed by atoms with E-state index in [-0.39, 0.29) is 11.7 Å². The van der Waals surface area contributed by atoms with Gasteiger partial charge in [0, 0.05) is 49.7 Å². The number of fused-ring (bicyclic) bond motifs is 1. The quantitative estimate of drug-likeness (QED) is 0.667. The first kappa shape index (κ1) is 17.0. The van der Waals surface area contributed by atoms with Crippen molar-refractivity contribution in [1.29, 1.82) is 0 Å². The Bertz CT molecular complexity index is 1040. The molecule has 0 unspecified atom stereocenters. The van der Waals surface area contributed by atoms with Crippen molar-refractivity contribution in [2.24, 2.45) is 0 Å². The molecule has 0 aliphatic carbocycles. The number of hydrogen-bond acceptors (Lipinski definition) is 5. The van der Waals surface area contributed by atoms with Crippen LogP contribution in [0.5, 0.6) is 5.75 Å². The zero-order chi connectivity index (χ0) is 19.1. The highest BCUT2D eigenvalue weighted by atomic mass is 16.3. The van der Waals surface area contributed by atoms with Crippen LogP contribution in [0, 0.1) is 0 Å². The first-order valence-corrected chi connectivity index (χ1v) is 8.59. The Kier molecular flexibility index (Phi) is 4.02. The number of nitrogens with zero attached hydrogens (tertiary/aromatic N) is 4. The van der Waals surface area contributed by atoms with E-state index in [4.69, 9.17) is 0 Å². The summed E-state index contributed by atoms with van der Waals surface area (Å²) in [6, 6.07) is 10.8. The molecule has 1 aromatic carbocycles. The van der Waals surface area contributed by atoms with Crippen LogP contribution in [0.4, 0.5) is 0 Å². The van der Waals surface area contributed by atoms with Crippen molar-refractivity contribution in [3.05, 3.63) is 42.1 Å². The van der Waals surface area contributed by atoms with Crippen LogP contribution in [-0.2, 0) is 9.59 Å². The Morgan fingerprint density at radius 3 is 2.63 bits per heavy atom. The molecular formula is C19H19N5O3. The zero-order valence-electron chi connectivity index (χ0n) is 15.0. The van der Waals surface area contributed by atoms with Gasteiger partial charge in [0.1, 0.15) is 5.75 Å². The van der Waals surface area contributed by atoms with Gasteiger partial charge in [-0.15, -0.1) is 10.2 Å². The molecule has 27 heavy (non-hydrogen) atoms.